The molecule has 6 nitrogen and oxygen atoms in total. The van der Waals surface area contributed by atoms with Crippen LogP contribution >= 0.6 is 0 Å². The van der Waals surface area contributed by atoms with Crippen molar-refractivity contribution in [2.75, 3.05) is 26.8 Å². The molecule has 0 saturated carbocycles. The van der Waals surface area contributed by atoms with Gasteiger partial charge in [0.1, 0.15) is 0 Å². The lowest BCUT2D eigenvalue weighted by molar-refractivity contribution is -0.127. The van der Waals surface area contributed by atoms with Crippen LogP contribution in [0.3, 0.4) is 0 Å². The first-order chi connectivity index (χ1) is 11.8. The summed E-state index contributed by atoms with van der Waals surface area (Å²) in [7, 11) is -1.75. The van der Waals surface area contributed by atoms with Crippen molar-refractivity contribution in [3.05, 3.63) is 35.4 Å². The monoisotopic (exact) mass is 368 g/mol. The van der Waals surface area contributed by atoms with Gasteiger partial charge in [-0.15, -0.1) is 0 Å². The summed E-state index contributed by atoms with van der Waals surface area (Å²) in [5, 5.41) is 2.92. The van der Waals surface area contributed by atoms with Crippen molar-refractivity contribution < 1.29 is 17.9 Å². The second kappa shape index (κ2) is 8.78. The van der Waals surface area contributed by atoms with Gasteiger partial charge in [-0.2, -0.15) is 0 Å². The van der Waals surface area contributed by atoms with Crippen LogP contribution in [0.5, 0.6) is 0 Å². The molecule has 1 amide bonds. The molecule has 2 rings (SSSR count). The van der Waals surface area contributed by atoms with E-state index < -0.39 is 10.0 Å². The highest BCUT2D eigenvalue weighted by Crippen LogP contribution is 2.22. The highest BCUT2D eigenvalue weighted by Gasteiger charge is 2.31. The molecule has 0 bridgehead atoms. The van der Waals surface area contributed by atoms with E-state index in [0.717, 1.165) is 11.1 Å². The molecule has 1 N–H and O–H groups in total. The Hall–Kier alpha value is -1.44. The Bertz CT molecular complexity index is 665. The van der Waals surface area contributed by atoms with Crippen LogP contribution in [-0.2, 0) is 25.3 Å². The average Bonchev–Trinajstić information content (AvgIpc) is 2.57. The van der Waals surface area contributed by atoms with Gasteiger partial charge in [0.05, 0.1) is 12.4 Å². The Morgan fingerprint density at radius 1 is 1.28 bits per heavy atom. The van der Waals surface area contributed by atoms with E-state index in [9.17, 15) is 13.2 Å². The normalized spacial score (nSPS) is 18.0. The number of nitrogens with zero attached hydrogens (tertiary/aromatic N) is 1. The fourth-order valence-electron chi connectivity index (χ4n) is 3.03. The van der Waals surface area contributed by atoms with Gasteiger partial charge in [-0.3, -0.25) is 4.79 Å². The summed E-state index contributed by atoms with van der Waals surface area (Å²) < 4.78 is 31.7. The first-order valence-corrected chi connectivity index (χ1v) is 10.3. The Balaban J connectivity index is 1.88. The third-order valence-corrected chi connectivity index (χ3v) is 6.34. The molecule has 1 aliphatic heterocycles. The maximum absolute atomic E-state index is 12.6. The Morgan fingerprint density at radius 3 is 2.44 bits per heavy atom. The minimum Gasteiger partial charge on any atom is -0.383 e. The zero-order chi connectivity index (χ0) is 18.4. The second-order valence-electron chi connectivity index (χ2n) is 6.78. The number of piperidine rings is 1. The van der Waals surface area contributed by atoms with E-state index in [1.54, 1.807) is 7.11 Å². The fraction of sp³-hybridized carbons (Fsp3) is 0.611. The SMILES string of the molecule is COC[C@H](C)NC(=O)C1CCN(S(=O)(=O)Cc2ccc(C)cc2)CC1. The number of carbonyl (C=O) groups is 1. The number of carbonyl (C=O) groups excluding carboxylic acids is 1. The predicted octanol–water partition coefficient (Wildman–Crippen LogP) is 1.69. The number of ether oxygens (including phenoxy) is 1. The van der Waals surface area contributed by atoms with Crippen molar-refractivity contribution in [3.8, 4) is 0 Å². The molecule has 140 valence electrons. The summed E-state index contributed by atoms with van der Waals surface area (Å²) in [5.74, 6) is -0.139. The molecular weight excluding hydrogens is 340 g/mol. The van der Waals surface area contributed by atoms with Crippen LogP contribution in [0.2, 0.25) is 0 Å². The van der Waals surface area contributed by atoms with Crippen LogP contribution < -0.4 is 5.32 Å². The highest BCUT2D eigenvalue weighted by atomic mass is 32.2. The molecular formula is C18H28N2O4S. The van der Waals surface area contributed by atoms with Crippen LogP contribution in [-0.4, -0.2) is 51.5 Å². The van der Waals surface area contributed by atoms with Crippen molar-refractivity contribution in [2.45, 2.75) is 38.5 Å². The van der Waals surface area contributed by atoms with Crippen molar-refractivity contribution in [3.63, 3.8) is 0 Å². The summed E-state index contributed by atoms with van der Waals surface area (Å²) in [5.41, 5.74) is 1.90. The van der Waals surface area contributed by atoms with Gasteiger partial charge in [0.25, 0.3) is 0 Å². The number of methoxy groups -OCH3 is 1. The topological polar surface area (TPSA) is 75.7 Å². The van der Waals surface area contributed by atoms with E-state index in [-0.39, 0.29) is 23.6 Å². The maximum Gasteiger partial charge on any atom is 0.223 e. The molecule has 0 spiro atoms. The van der Waals surface area contributed by atoms with E-state index in [1.165, 1.54) is 4.31 Å². The molecule has 1 aromatic carbocycles. The highest BCUT2D eigenvalue weighted by molar-refractivity contribution is 7.88. The van der Waals surface area contributed by atoms with E-state index in [4.69, 9.17) is 4.74 Å². The third kappa shape index (κ3) is 5.80. The zero-order valence-electron chi connectivity index (χ0n) is 15.2. The van der Waals surface area contributed by atoms with Crippen molar-refractivity contribution in [2.24, 2.45) is 5.92 Å². The van der Waals surface area contributed by atoms with Gasteiger partial charge in [0.15, 0.2) is 0 Å². The summed E-state index contributed by atoms with van der Waals surface area (Å²) in [6.45, 7) is 5.12. The number of amides is 1. The van der Waals surface area contributed by atoms with E-state index >= 15 is 0 Å². The minimum absolute atomic E-state index is 0.00894. The van der Waals surface area contributed by atoms with Gasteiger partial charge < -0.3 is 10.1 Å². The number of sulfonamides is 1. The molecule has 0 radical (unpaired) electrons. The molecule has 1 saturated heterocycles. The lowest BCUT2D eigenvalue weighted by Crippen LogP contribution is -2.45. The number of nitrogens with one attached hydrogen (secondary N) is 1. The van der Waals surface area contributed by atoms with Crippen LogP contribution in [0.15, 0.2) is 24.3 Å². The molecule has 25 heavy (non-hydrogen) atoms. The van der Waals surface area contributed by atoms with Gasteiger partial charge in [-0.25, -0.2) is 12.7 Å². The van der Waals surface area contributed by atoms with Gasteiger partial charge in [-0.05, 0) is 32.3 Å². The third-order valence-electron chi connectivity index (χ3n) is 4.49. The first kappa shape index (κ1) is 19.9. The largest absolute Gasteiger partial charge is 0.383 e. The van der Waals surface area contributed by atoms with Gasteiger partial charge in [0, 0.05) is 32.2 Å². The van der Waals surface area contributed by atoms with Crippen LogP contribution in [0.25, 0.3) is 0 Å². The molecule has 7 heteroatoms. The minimum atomic E-state index is -3.35. The Labute approximate surface area is 150 Å². The quantitative estimate of drug-likeness (QED) is 0.795. The molecule has 1 heterocycles. The number of aryl methyl sites for hydroxylation is 1. The Kier molecular flexibility index (Phi) is 6.98. The predicted molar refractivity (Wildman–Crippen MR) is 97.6 cm³/mol. The molecule has 0 aromatic heterocycles. The van der Waals surface area contributed by atoms with Crippen LogP contribution in [0.1, 0.15) is 30.9 Å². The molecule has 0 unspecified atom stereocenters. The second-order valence-corrected chi connectivity index (χ2v) is 8.75. The summed E-state index contributed by atoms with van der Waals surface area (Å²) in [6.07, 6.45) is 1.11. The average molecular weight is 368 g/mol. The van der Waals surface area contributed by atoms with E-state index in [0.29, 0.717) is 32.5 Å². The van der Waals surface area contributed by atoms with Crippen molar-refractivity contribution in [1.29, 1.82) is 0 Å². The van der Waals surface area contributed by atoms with Crippen LogP contribution in [0.4, 0.5) is 0 Å². The first-order valence-electron chi connectivity index (χ1n) is 8.64. The summed E-state index contributed by atoms with van der Waals surface area (Å²) in [4.78, 5) is 12.2. The Morgan fingerprint density at radius 2 is 1.88 bits per heavy atom. The zero-order valence-corrected chi connectivity index (χ0v) is 16.0. The summed E-state index contributed by atoms with van der Waals surface area (Å²) in [6, 6.07) is 7.50. The number of rotatable bonds is 7. The number of hydrogen-bond donors (Lipinski definition) is 1. The molecule has 1 aliphatic rings. The molecule has 1 fully saturated rings. The van der Waals surface area contributed by atoms with Crippen molar-refractivity contribution >= 4 is 15.9 Å². The smallest absolute Gasteiger partial charge is 0.223 e. The van der Waals surface area contributed by atoms with Crippen molar-refractivity contribution in [1.82, 2.24) is 9.62 Å². The number of hydrogen-bond acceptors (Lipinski definition) is 4. The van der Waals surface area contributed by atoms with Gasteiger partial charge in [-0.1, -0.05) is 29.8 Å². The maximum atomic E-state index is 12.6. The van der Waals surface area contributed by atoms with Gasteiger partial charge in [0.2, 0.25) is 15.9 Å². The lowest BCUT2D eigenvalue weighted by atomic mass is 9.97. The molecule has 0 aliphatic carbocycles. The lowest BCUT2D eigenvalue weighted by Gasteiger charge is -2.31. The molecule has 1 aromatic rings. The van der Waals surface area contributed by atoms with E-state index in [1.807, 2.05) is 38.1 Å². The van der Waals surface area contributed by atoms with Crippen LogP contribution in [0, 0.1) is 12.8 Å². The standard InChI is InChI=1S/C18H28N2O4S/c1-14-4-6-16(7-5-14)13-25(22,23)20-10-8-17(9-11-20)18(21)19-15(2)12-24-3/h4-7,15,17H,8-13H2,1-3H3,(H,19,21)/t15-/m0/s1. The fourth-order valence-corrected chi connectivity index (χ4v) is 4.60. The molecule has 1 atom stereocenters. The number of benzene rings is 1. The van der Waals surface area contributed by atoms with E-state index in [2.05, 4.69) is 5.32 Å². The summed E-state index contributed by atoms with van der Waals surface area (Å²) >= 11 is 0. The van der Waals surface area contributed by atoms with Gasteiger partial charge >= 0.3 is 0 Å².